The number of nitrogens with zero attached hydrogens (tertiary/aromatic N) is 1. The lowest BCUT2D eigenvalue weighted by atomic mass is 9.86. The molecule has 29 heavy (non-hydrogen) atoms. The van der Waals surface area contributed by atoms with Gasteiger partial charge in [-0.1, -0.05) is 12.1 Å². The molecule has 156 valence electrons. The van der Waals surface area contributed by atoms with Gasteiger partial charge in [0.25, 0.3) is 0 Å². The van der Waals surface area contributed by atoms with Gasteiger partial charge in [0.15, 0.2) is 17.3 Å². The fourth-order valence-corrected chi connectivity index (χ4v) is 4.21. The predicted molar refractivity (Wildman–Crippen MR) is 104 cm³/mol. The Morgan fingerprint density at radius 2 is 1.97 bits per heavy atom. The number of carbonyl (C=O) groups excluding carboxylic acids is 1. The molecule has 0 fully saturated rings. The first-order valence-corrected chi connectivity index (χ1v) is 9.44. The van der Waals surface area contributed by atoms with Gasteiger partial charge in [0.1, 0.15) is 11.8 Å². The SMILES string of the molecule is COc1cccc(C(=O)CC2c3c(cc4c(c3OC)OCO4)CC[N+]2(C)C)c1.[I-]. The van der Waals surface area contributed by atoms with Crippen LogP contribution >= 0.6 is 0 Å². The Morgan fingerprint density at radius 1 is 1.17 bits per heavy atom. The number of likely N-dealkylation sites (N-methyl/N-ethyl adjacent to an activating group) is 1. The smallest absolute Gasteiger partial charge is 0.231 e. The average molecular weight is 511 g/mol. The van der Waals surface area contributed by atoms with Crippen LogP contribution in [-0.2, 0) is 6.42 Å². The van der Waals surface area contributed by atoms with Gasteiger partial charge in [-0.05, 0) is 23.8 Å². The Morgan fingerprint density at radius 3 is 2.69 bits per heavy atom. The minimum Gasteiger partial charge on any atom is -1.00 e. The highest BCUT2D eigenvalue weighted by Crippen LogP contribution is 2.51. The molecule has 0 bridgehead atoms. The summed E-state index contributed by atoms with van der Waals surface area (Å²) in [6, 6.07) is 9.33. The molecule has 0 saturated heterocycles. The number of fused-ring (bicyclic) bond motifs is 2. The number of quaternary nitrogens is 1. The monoisotopic (exact) mass is 511 g/mol. The summed E-state index contributed by atoms with van der Waals surface area (Å²) in [5.74, 6) is 2.83. The third-order valence-corrected chi connectivity index (χ3v) is 5.85. The lowest BCUT2D eigenvalue weighted by molar-refractivity contribution is -0.922. The first kappa shape index (κ1) is 21.7. The second-order valence-corrected chi connectivity index (χ2v) is 7.84. The van der Waals surface area contributed by atoms with Crippen LogP contribution in [0.15, 0.2) is 30.3 Å². The van der Waals surface area contributed by atoms with E-state index < -0.39 is 0 Å². The quantitative estimate of drug-likeness (QED) is 0.331. The molecule has 0 aliphatic carbocycles. The summed E-state index contributed by atoms with van der Waals surface area (Å²) >= 11 is 0. The summed E-state index contributed by atoms with van der Waals surface area (Å²) in [4.78, 5) is 13.1. The van der Waals surface area contributed by atoms with Gasteiger partial charge in [0, 0.05) is 12.0 Å². The lowest BCUT2D eigenvalue weighted by Crippen LogP contribution is -3.00. The Balaban J connectivity index is 0.00000240. The average Bonchev–Trinajstić information content (AvgIpc) is 3.16. The zero-order chi connectivity index (χ0) is 19.9. The van der Waals surface area contributed by atoms with Crippen LogP contribution in [0.5, 0.6) is 23.0 Å². The van der Waals surface area contributed by atoms with Crippen molar-refractivity contribution in [3.8, 4) is 23.0 Å². The number of Topliss-reactive ketones (excluding diaryl/α,β-unsaturated/α-hetero) is 1. The number of hydrogen-bond donors (Lipinski definition) is 0. The summed E-state index contributed by atoms with van der Waals surface area (Å²) in [5.41, 5.74) is 2.88. The number of halogens is 1. The minimum absolute atomic E-state index is 0. The summed E-state index contributed by atoms with van der Waals surface area (Å²) < 4.78 is 23.0. The van der Waals surface area contributed by atoms with Crippen molar-refractivity contribution in [2.75, 3.05) is 41.7 Å². The highest BCUT2D eigenvalue weighted by molar-refractivity contribution is 5.97. The molecule has 0 spiro atoms. The van der Waals surface area contributed by atoms with E-state index in [4.69, 9.17) is 18.9 Å². The molecular formula is C22H26INO5. The fourth-order valence-electron chi connectivity index (χ4n) is 4.21. The van der Waals surface area contributed by atoms with Crippen molar-refractivity contribution in [2.45, 2.75) is 18.9 Å². The van der Waals surface area contributed by atoms with E-state index in [1.54, 1.807) is 20.3 Å². The summed E-state index contributed by atoms with van der Waals surface area (Å²) in [5, 5.41) is 0. The Hall–Kier alpha value is -2.00. The van der Waals surface area contributed by atoms with Crippen molar-refractivity contribution in [3.63, 3.8) is 0 Å². The van der Waals surface area contributed by atoms with Crippen molar-refractivity contribution in [1.29, 1.82) is 0 Å². The Kier molecular flexibility index (Phi) is 6.28. The normalized spacial score (nSPS) is 18.4. The van der Waals surface area contributed by atoms with Crippen LogP contribution < -0.4 is 42.9 Å². The van der Waals surface area contributed by atoms with Crippen molar-refractivity contribution in [2.24, 2.45) is 0 Å². The molecule has 2 aromatic carbocycles. The van der Waals surface area contributed by atoms with E-state index in [-0.39, 0.29) is 42.6 Å². The number of methoxy groups -OCH3 is 2. The molecule has 0 radical (unpaired) electrons. The second-order valence-electron chi connectivity index (χ2n) is 7.84. The molecular weight excluding hydrogens is 485 g/mol. The lowest BCUT2D eigenvalue weighted by Gasteiger charge is -2.43. The van der Waals surface area contributed by atoms with Gasteiger partial charge in [0.2, 0.25) is 12.5 Å². The fraction of sp³-hybridized carbons (Fsp3) is 0.409. The van der Waals surface area contributed by atoms with Crippen LogP contribution in [0.4, 0.5) is 0 Å². The molecule has 1 unspecified atom stereocenters. The highest BCUT2D eigenvalue weighted by Gasteiger charge is 2.42. The molecule has 4 rings (SSSR count). The number of carbonyl (C=O) groups is 1. The van der Waals surface area contributed by atoms with Crippen LogP contribution in [0.2, 0.25) is 0 Å². The van der Waals surface area contributed by atoms with Crippen LogP contribution in [0.3, 0.4) is 0 Å². The Labute approximate surface area is 188 Å². The maximum absolute atomic E-state index is 13.1. The molecule has 2 aliphatic heterocycles. The van der Waals surface area contributed by atoms with E-state index >= 15 is 0 Å². The van der Waals surface area contributed by atoms with E-state index in [1.807, 2.05) is 24.3 Å². The maximum atomic E-state index is 13.1. The number of rotatable bonds is 5. The highest BCUT2D eigenvalue weighted by atomic mass is 127. The molecule has 2 aromatic rings. The zero-order valence-corrected chi connectivity index (χ0v) is 19.3. The van der Waals surface area contributed by atoms with Crippen molar-refractivity contribution in [1.82, 2.24) is 0 Å². The van der Waals surface area contributed by atoms with E-state index in [0.717, 1.165) is 24.3 Å². The summed E-state index contributed by atoms with van der Waals surface area (Å²) in [7, 11) is 7.58. The van der Waals surface area contributed by atoms with Crippen LogP contribution in [0.25, 0.3) is 0 Å². The number of hydrogen-bond acceptors (Lipinski definition) is 5. The number of ether oxygens (including phenoxy) is 4. The third-order valence-electron chi connectivity index (χ3n) is 5.85. The van der Waals surface area contributed by atoms with Gasteiger partial charge in [-0.15, -0.1) is 0 Å². The largest absolute Gasteiger partial charge is 1.00 e. The van der Waals surface area contributed by atoms with Crippen molar-refractivity contribution in [3.05, 3.63) is 47.0 Å². The summed E-state index contributed by atoms with van der Waals surface area (Å²) in [6.07, 6.45) is 1.28. The molecule has 0 amide bonds. The van der Waals surface area contributed by atoms with Crippen molar-refractivity contribution < 1.29 is 52.2 Å². The molecule has 2 aliphatic rings. The van der Waals surface area contributed by atoms with Crippen molar-refractivity contribution >= 4 is 5.78 Å². The number of ketones is 1. The molecule has 6 nitrogen and oxygen atoms in total. The zero-order valence-electron chi connectivity index (χ0n) is 17.2. The third kappa shape index (κ3) is 3.90. The van der Waals surface area contributed by atoms with E-state index in [2.05, 4.69) is 14.1 Å². The molecule has 2 heterocycles. The van der Waals surface area contributed by atoms with Crippen LogP contribution in [0.1, 0.15) is 33.9 Å². The first-order chi connectivity index (χ1) is 13.4. The topological polar surface area (TPSA) is 54.0 Å². The van der Waals surface area contributed by atoms with Crippen LogP contribution in [-0.4, -0.2) is 51.9 Å². The number of benzene rings is 2. The molecule has 1 atom stereocenters. The van der Waals surface area contributed by atoms with Gasteiger partial charge < -0.3 is 47.4 Å². The molecule has 0 N–H and O–H groups in total. The van der Waals surface area contributed by atoms with E-state index in [1.165, 1.54) is 5.56 Å². The van der Waals surface area contributed by atoms with Gasteiger partial charge in [-0.3, -0.25) is 4.79 Å². The van der Waals surface area contributed by atoms with Gasteiger partial charge in [0.05, 0.1) is 46.8 Å². The molecule has 0 saturated carbocycles. The second kappa shape index (κ2) is 8.39. The predicted octanol–water partition coefficient (Wildman–Crippen LogP) is 0.383. The maximum Gasteiger partial charge on any atom is 0.231 e. The minimum atomic E-state index is -0.0353. The molecule has 0 aromatic heterocycles. The standard InChI is InChI=1S/C22H26NO5.HI/c1-23(2)9-8-15-11-19-21(28-13-27-19)22(26-4)20(15)17(23)12-18(24)14-6-5-7-16(10-14)25-3;/h5-7,10-11,17H,8-9,12-13H2,1-4H3;1H/q+1;/p-1. The van der Waals surface area contributed by atoms with Crippen LogP contribution in [0, 0.1) is 0 Å². The van der Waals surface area contributed by atoms with Gasteiger partial charge in [-0.25, -0.2) is 0 Å². The Bertz CT molecular complexity index is 928. The van der Waals surface area contributed by atoms with E-state index in [9.17, 15) is 4.79 Å². The van der Waals surface area contributed by atoms with Gasteiger partial charge >= 0.3 is 0 Å². The molecule has 7 heteroatoms. The summed E-state index contributed by atoms with van der Waals surface area (Å²) in [6.45, 7) is 1.13. The van der Waals surface area contributed by atoms with E-state index in [0.29, 0.717) is 33.7 Å². The first-order valence-electron chi connectivity index (χ1n) is 9.44. The van der Waals surface area contributed by atoms with Gasteiger partial charge in [-0.2, -0.15) is 0 Å².